The summed E-state index contributed by atoms with van der Waals surface area (Å²) in [6.07, 6.45) is 0.366. The third kappa shape index (κ3) is 6.74. The van der Waals surface area contributed by atoms with Crippen LogP contribution in [0.4, 0.5) is 5.69 Å². The molecule has 0 unspecified atom stereocenters. The Morgan fingerprint density at radius 3 is 2.11 bits per heavy atom. The predicted molar refractivity (Wildman–Crippen MR) is 152 cm³/mol. The molecule has 3 rings (SSSR count). The fraction of sp³-hybridized carbons (Fsp3) is 0.310. The van der Waals surface area contributed by atoms with Crippen molar-refractivity contribution in [3.8, 4) is 0 Å². The average Bonchev–Trinajstić information content (AvgIpc) is 2.89. The second-order valence-corrected chi connectivity index (χ2v) is 11.6. The van der Waals surface area contributed by atoms with E-state index in [1.807, 2.05) is 58.0 Å². The molecule has 2 amide bonds. The molecular weight excluding hydrogens is 522 g/mol. The van der Waals surface area contributed by atoms with E-state index in [1.165, 1.54) is 36.2 Å². The van der Waals surface area contributed by atoms with Crippen molar-refractivity contribution in [2.75, 3.05) is 17.9 Å². The quantitative estimate of drug-likeness (QED) is 0.381. The van der Waals surface area contributed by atoms with Crippen molar-refractivity contribution in [1.29, 1.82) is 0 Å². The van der Waals surface area contributed by atoms with Crippen molar-refractivity contribution >= 4 is 39.1 Å². The first kappa shape index (κ1) is 29.2. The molecule has 1 N–H and O–H groups in total. The number of halogens is 1. The molecule has 0 radical (unpaired) electrons. The molecule has 7 nitrogen and oxygen atoms in total. The second-order valence-electron chi connectivity index (χ2n) is 9.28. The van der Waals surface area contributed by atoms with Gasteiger partial charge in [0.25, 0.3) is 10.0 Å². The summed E-state index contributed by atoms with van der Waals surface area (Å²) in [5.74, 6) is -0.803. The van der Waals surface area contributed by atoms with Crippen LogP contribution in [-0.4, -0.2) is 44.8 Å². The van der Waals surface area contributed by atoms with Gasteiger partial charge in [0.15, 0.2) is 0 Å². The Morgan fingerprint density at radius 1 is 0.921 bits per heavy atom. The predicted octanol–water partition coefficient (Wildman–Crippen LogP) is 5.01. The summed E-state index contributed by atoms with van der Waals surface area (Å²) in [5.41, 5.74) is 4.15. The van der Waals surface area contributed by atoms with Crippen LogP contribution in [0.5, 0.6) is 0 Å². The minimum absolute atomic E-state index is 0.0105. The molecule has 1 atom stereocenters. The van der Waals surface area contributed by atoms with E-state index in [2.05, 4.69) is 5.32 Å². The molecule has 38 heavy (non-hydrogen) atoms. The number of hydrogen-bond donors (Lipinski definition) is 1. The minimum Gasteiger partial charge on any atom is -0.357 e. The smallest absolute Gasteiger partial charge is 0.264 e. The molecule has 0 aliphatic rings. The summed E-state index contributed by atoms with van der Waals surface area (Å²) in [4.78, 5) is 28.2. The number of hydrogen-bond acceptors (Lipinski definition) is 4. The third-order valence-corrected chi connectivity index (χ3v) is 8.60. The first-order chi connectivity index (χ1) is 18.0. The van der Waals surface area contributed by atoms with Gasteiger partial charge in [-0.3, -0.25) is 13.9 Å². The maximum atomic E-state index is 13.9. The number of benzene rings is 3. The molecular formula is C29H34ClN3O4S. The van der Waals surface area contributed by atoms with Crippen LogP contribution >= 0.6 is 11.6 Å². The number of carbonyl (C=O) groups excluding carboxylic acids is 2. The maximum absolute atomic E-state index is 13.9. The van der Waals surface area contributed by atoms with Gasteiger partial charge >= 0.3 is 0 Å². The van der Waals surface area contributed by atoms with Crippen LogP contribution in [0.15, 0.2) is 71.6 Å². The van der Waals surface area contributed by atoms with Crippen molar-refractivity contribution in [2.45, 2.75) is 51.6 Å². The van der Waals surface area contributed by atoms with Gasteiger partial charge in [-0.1, -0.05) is 54.4 Å². The molecule has 0 aliphatic carbocycles. The monoisotopic (exact) mass is 555 g/mol. The van der Waals surface area contributed by atoms with Gasteiger partial charge in [0, 0.05) is 18.6 Å². The van der Waals surface area contributed by atoms with Crippen LogP contribution in [0, 0.1) is 20.8 Å². The number of likely N-dealkylation sites (N-methyl/N-ethyl adjacent to an activating group) is 1. The van der Waals surface area contributed by atoms with E-state index < -0.39 is 28.5 Å². The number of carbonyl (C=O) groups is 2. The molecule has 0 bridgehead atoms. The first-order valence-corrected chi connectivity index (χ1v) is 14.2. The largest absolute Gasteiger partial charge is 0.357 e. The Bertz CT molecular complexity index is 1390. The molecule has 0 spiro atoms. The van der Waals surface area contributed by atoms with E-state index in [0.29, 0.717) is 17.1 Å². The zero-order chi connectivity index (χ0) is 28.0. The van der Waals surface area contributed by atoms with E-state index in [1.54, 1.807) is 12.1 Å². The van der Waals surface area contributed by atoms with Gasteiger partial charge in [0.05, 0.1) is 10.6 Å². The Morgan fingerprint density at radius 2 is 1.55 bits per heavy atom. The average molecular weight is 556 g/mol. The number of nitrogens with zero attached hydrogens (tertiary/aromatic N) is 2. The third-order valence-electron chi connectivity index (χ3n) is 6.56. The lowest BCUT2D eigenvalue weighted by atomic mass is 10.1. The van der Waals surface area contributed by atoms with Crippen molar-refractivity contribution in [2.24, 2.45) is 0 Å². The molecule has 0 saturated carbocycles. The molecule has 202 valence electrons. The van der Waals surface area contributed by atoms with Gasteiger partial charge in [-0.15, -0.1) is 0 Å². The summed E-state index contributed by atoms with van der Waals surface area (Å²) in [6.45, 7) is 7.28. The fourth-order valence-corrected chi connectivity index (χ4v) is 5.65. The van der Waals surface area contributed by atoms with Gasteiger partial charge in [-0.2, -0.15) is 0 Å². The fourth-order valence-electron chi connectivity index (χ4n) is 4.12. The highest BCUT2D eigenvalue weighted by molar-refractivity contribution is 7.92. The minimum atomic E-state index is -4.14. The molecule has 0 heterocycles. The second kappa shape index (κ2) is 12.5. The molecule has 0 aromatic heterocycles. The van der Waals surface area contributed by atoms with Gasteiger partial charge in [-0.25, -0.2) is 8.42 Å². The van der Waals surface area contributed by atoms with Crippen molar-refractivity contribution in [3.05, 3.63) is 94.0 Å². The lowest BCUT2D eigenvalue weighted by Gasteiger charge is -2.33. The summed E-state index contributed by atoms with van der Waals surface area (Å²) in [5, 5.41) is 3.03. The molecule has 3 aromatic carbocycles. The van der Waals surface area contributed by atoms with Crippen molar-refractivity contribution in [1.82, 2.24) is 10.2 Å². The van der Waals surface area contributed by atoms with Crippen LogP contribution in [0.2, 0.25) is 5.02 Å². The van der Waals surface area contributed by atoms with Crippen LogP contribution < -0.4 is 9.62 Å². The highest BCUT2D eigenvalue weighted by Gasteiger charge is 2.33. The number of anilines is 1. The lowest BCUT2D eigenvalue weighted by Crippen LogP contribution is -2.51. The highest BCUT2D eigenvalue weighted by atomic mass is 35.5. The maximum Gasteiger partial charge on any atom is 0.264 e. The Balaban J connectivity index is 2.08. The first-order valence-electron chi connectivity index (χ1n) is 12.4. The van der Waals surface area contributed by atoms with Gasteiger partial charge < -0.3 is 10.2 Å². The van der Waals surface area contributed by atoms with E-state index in [9.17, 15) is 18.0 Å². The molecule has 0 saturated heterocycles. The van der Waals surface area contributed by atoms with E-state index in [4.69, 9.17) is 11.6 Å². The highest BCUT2D eigenvalue weighted by Crippen LogP contribution is 2.27. The topological polar surface area (TPSA) is 86.8 Å². The SMILES string of the molecule is CC[C@H](C(=O)NC)N(Cc1ccc(C)cc1)C(=O)CN(c1ccc(C)c(C)c1)S(=O)(=O)c1ccc(Cl)cc1. The number of amides is 2. The van der Waals surface area contributed by atoms with Crippen LogP contribution in [0.1, 0.15) is 35.6 Å². The van der Waals surface area contributed by atoms with Crippen molar-refractivity contribution in [3.63, 3.8) is 0 Å². The molecule has 3 aromatic rings. The van der Waals surface area contributed by atoms with E-state index >= 15 is 0 Å². The normalized spacial score (nSPS) is 12.1. The number of rotatable bonds is 10. The van der Waals surface area contributed by atoms with Crippen LogP contribution in [0.3, 0.4) is 0 Å². The zero-order valence-corrected chi connectivity index (χ0v) is 23.9. The summed E-state index contributed by atoms with van der Waals surface area (Å²) < 4.78 is 28.8. The lowest BCUT2D eigenvalue weighted by molar-refractivity contribution is -0.140. The molecule has 9 heteroatoms. The van der Waals surface area contributed by atoms with Gasteiger partial charge in [0.2, 0.25) is 11.8 Å². The molecule has 0 aliphatic heterocycles. The van der Waals surface area contributed by atoms with Gasteiger partial charge in [0.1, 0.15) is 12.6 Å². The Hall–Kier alpha value is -3.36. The Labute approximate surface area is 230 Å². The summed E-state index contributed by atoms with van der Waals surface area (Å²) in [6, 6.07) is 18.0. The van der Waals surface area contributed by atoms with E-state index in [0.717, 1.165) is 26.6 Å². The number of nitrogens with one attached hydrogen (secondary N) is 1. The van der Waals surface area contributed by atoms with Crippen LogP contribution in [0.25, 0.3) is 0 Å². The molecule has 0 fully saturated rings. The van der Waals surface area contributed by atoms with Crippen LogP contribution in [-0.2, 0) is 26.2 Å². The standard InChI is InChI=1S/C29H34ClN3O4S/c1-6-27(29(35)31-5)32(18-23-10-7-20(2)8-11-23)28(34)19-33(25-14-9-21(3)22(4)17-25)38(36,37)26-15-12-24(30)13-16-26/h7-17,27H,6,18-19H2,1-5H3,(H,31,35)/t27-/m1/s1. The summed E-state index contributed by atoms with van der Waals surface area (Å²) >= 11 is 6.00. The van der Waals surface area contributed by atoms with Crippen molar-refractivity contribution < 1.29 is 18.0 Å². The van der Waals surface area contributed by atoms with E-state index in [-0.39, 0.29) is 17.3 Å². The number of sulfonamides is 1. The van der Waals surface area contributed by atoms with Gasteiger partial charge in [-0.05, 0) is 80.3 Å². The Kier molecular flexibility index (Phi) is 9.57. The summed E-state index contributed by atoms with van der Waals surface area (Å²) in [7, 11) is -2.62. The zero-order valence-electron chi connectivity index (χ0n) is 22.4. The number of aryl methyl sites for hydroxylation is 3.